The van der Waals surface area contributed by atoms with Gasteiger partial charge in [-0.25, -0.2) is 0 Å². The van der Waals surface area contributed by atoms with Crippen LogP contribution < -0.4 is 4.74 Å². The fraction of sp³-hybridized carbons (Fsp3) is 0.348. The summed E-state index contributed by atoms with van der Waals surface area (Å²) in [5, 5.41) is 4.13. The van der Waals surface area contributed by atoms with E-state index in [-0.39, 0.29) is 11.9 Å². The molecule has 154 valence electrons. The topological polar surface area (TPSA) is 71.7 Å². The number of ether oxygens (including phenoxy) is 1. The van der Waals surface area contributed by atoms with E-state index in [1.807, 2.05) is 53.4 Å². The molecular weight excluding hydrogens is 380 g/mol. The average molecular weight is 404 g/mol. The molecule has 3 aromatic rings. The zero-order chi connectivity index (χ0) is 20.5. The molecule has 2 aromatic carbocycles. The normalized spacial score (nSPS) is 17.4. The van der Waals surface area contributed by atoms with Gasteiger partial charge in [-0.3, -0.25) is 9.69 Å². The van der Waals surface area contributed by atoms with E-state index in [9.17, 15) is 4.79 Å². The zero-order valence-corrected chi connectivity index (χ0v) is 17.0. The highest BCUT2D eigenvalue weighted by Crippen LogP contribution is 2.27. The van der Waals surface area contributed by atoms with E-state index < -0.39 is 0 Å². The van der Waals surface area contributed by atoms with Gasteiger partial charge in [0.05, 0.1) is 12.6 Å². The molecule has 1 saturated heterocycles. The maximum Gasteiger partial charge on any atom is 0.253 e. The number of carbonyl (C=O) groups excluding carboxylic acids is 1. The fourth-order valence-electron chi connectivity index (χ4n) is 4.08. The largest absolute Gasteiger partial charge is 0.493 e. The molecule has 7 heteroatoms. The Kier molecular flexibility index (Phi) is 4.96. The van der Waals surface area contributed by atoms with E-state index in [4.69, 9.17) is 9.26 Å². The summed E-state index contributed by atoms with van der Waals surface area (Å²) in [6.07, 6.45) is 0.872. The summed E-state index contributed by atoms with van der Waals surface area (Å²) in [5.41, 5.74) is 2.80. The quantitative estimate of drug-likeness (QED) is 0.665. The number of carbonyl (C=O) groups is 1. The molecule has 1 amide bonds. The highest BCUT2D eigenvalue weighted by molar-refractivity contribution is 5.94. The first-order valence-corrected chi connectivity index (χ1v) is 10.4. The lowest BCUT2D eigenvalue weighted by atomic mass is 10.1. The number of hydrogen-bond donors (Lipinski definition) is 0. The highest BCUT2D eigenvalue weighted by Gasteiger charge is 2.28. The van der Waals surface area contributed by atoms with Crippen LogP contribution in [0.25, 0.3) is 11.4 Å². The maximum atomic E-state index is 12.9. The second-order valence-electron chi connectivity index (χ2n) is 7.75. The minimum atomic E-state index is 0.00403. The van der Waals surface area contributed by atoms with Crippen LogP contribution in [0.2, 0.25) is 0 Å². The Morgan fingerprint density at radius 2 is 1.87 bits per heavy atom. The van der Waals surface area contributed by atoms with E-state index in [2.05, 4.69) is 22.0 Å². The standard InChI is InChI=1S/C23H24N4O3/c1-16(22-24-21(25-30-22)17-5-3-2-4-6-17)26-10-12-27(13-11-26)23(28)19-7-8-20-18(15-19)9-14-29-20/h2-8,15-16H,9-14H2,1H3. The Hall–Kier alpha value is -3.19. The Bertz CT molecular complexity index is 1040. The lowest BCUT2D eigenvalue weighted by Gasteiger charge is -2.36. The van der Waals surface area contributed by atoms with E-state index in [0.717, 1.165) is 42.0 Å². The van der Waals surface area contributed by atoms with Gasteiger partial charge >= 0.3 is 0 Å². The molecule has 1 atom stereocenters. The third-order valence-electron chi connectivity index (χ3n) is 5.92. The van der Waals surface area contributed by atoms with Gasteiger partial charge in [-0.1, -0.05) is 35.5 Å². The Labute approximate surface area is 175 Å². The van der Waals surface area contributed by atoms with Crippen LogP contribution in [0.1, 0.15) is 34.8 Å². The first-order chi connectivity index (χ1) is 14.7. The first kappa shape index (κ1) is 18.8. The predicted molar refractivity (Wildman–Crippen MR) is 111 cm³/mol. The van der Waals surface area contributed by atoms with Crippen LogP contribution in [0.15, 0.2) is 53.1 Å². The minimum absolute atomic E-state index is 0.00403. The van der Waals surface area contributed by atoms with Gasteiger partial charge < -0.3 is 14.2 Å². The van der Waals surface area contributed by atoms with E-state index in [1.54, 1.807) is 0 Å². The maximum absolute atomic E-state index is 12.9. The molecular formula is C23H24N4O3. The molecule has 0 aliphatic carbocycles. The molecule has 5 rings (SSSR count). The fourth-order valence-corrected chi connectivity index (χ4v) is 4.08. The van der Waals surface area contributed by atoms with Crippen molar-refractivity contribution >= 4 is 5.91 Å². The van der Waals surface area contributed by atoms with Gasteiger partial charge in [-0.15, -0.1) is 0 Å². The van der Waals surface area contributed by atoms with Gasteiger partial charge in [-0.2, -0.15) is 4.98 Å². The molecule has 2 aliphatic rings. The third-order valence-corrected chi connectivity index (χ3v) is 5.92. The van der Waals surface area contributed by atoms with Crippen molar-refractivity contribution in [1.29, 1.82) is 0 Å². The van der Waals surface area contributed by atoms with Gasteiger partial charge in [0.25, 0.3) is 5.91 Å². The summed E-state index contributed by atoms with van der Waals surface area (Å²) in [6, 6.07) is 15.6. The smallest absolute Gasteiger partial charge is 0.253 e. The van der Waals surface area contributed by atoms with Crippen LogP contribution in [0.5, 0.6) is 5.75 Å². The third kappa shape index (κ3) is 3.57. The molecule has 30 heavy (non-hydrogen) atoms. The first-order valence-electron chi connectivity index (χ1n) is 10.4. The second kappa shape index (κ2) is 7.91. The van der Waals surface area contributed by atoms with Crippen LogP contribution in [0.3, 0.4) is 0 Å². The molecule has 3 heterocycles. The van der Waals surface area contributed by atoms with Crippen LogP contribution in [0.4, 0.5) is 0 Å². The predicted octanol–water partition coefficient (Wildman–Crippen LogP) is 3.19. The van der Waals surface area contributed by atoms with Crippen LogP contribution in [0, 0.1) is 0 Å². The van der Waals surface area contributed by atoms with Gasteiger partial charge in [-0.05, 0) is 30.7 Å². The summed E-state index contributed by atoms with van der Waals surface area (Å²) in [5.74, 6) is 2.19. The Morgan fingerprint density at radius 1 is 1.07 bits per heavy atom. The molecule has 1 aromatic heterocycles. The van der Waals surface area contributed by atoms with E-state index in [0.29, 0.717) is 31.4 Å². The van der Waals surface area contributed by atoms with Crippen molar-refractivity contribution in [2.45, 2.75) is 19.4 Å². The average Bonchev–Trinajstić information content (AvgIpc) is 3.48. The number of nitrogens with zero attached hydrogens (tertiary/aromatic N) is 4. The summed E-state index contributed by atoms with van der Waals surface area (Å²) in [4.78, 5) is 21.7. The number of amides is 1. The highest BCUT2D eigenvalue weighted by atomic mass is 16.5. The molecule has 7 nitrogen and oxygen atoms in total. The molecule has 1 fully saturated rings. The van der Waals surface area contributed by atoms with Crippen molar-refractivity contribution < 1.29 is 14.1 Å². The van der Waals surface area contributed by atoms with Crippen molar-refractivity contribution in [3.05, 3.63) is 65.5 Å². The summed E-state index contributed by atoms with van der Waals surface area (Å²) < 4.78 is 11.1. The molecule has 2 aliphatic heterocycles. The number of rotatable bonds is 4. The van der Waals surface area contributed by atoms with Gasteiger partial charge in [0.1, 0.15) is 5.75 Å². The van der Waals surface area contributed by atoms with Crippen molar-refractivity contribution in [3.8, 4) is 17.1 Å². The molecule has 1 unspecified atom stereocenters. The van der Waals surface area contributed by atoms with E-state index in [1.165, 1.54) is 0 Å². The van der Waals surface area contributed by atoms with Crippen molar-refractivity contribution in [2.24, 2.45) is 0 Å². The molecule has 0 spiro atoms. The number of hydrogen-bond acceptors (Lipinski definition) is 6. The lowest BCUT2D eigenvalue weighted by molar-refractivity contribution is 0.0551. The second-order valence-corrected chi connectivity index (χ2v) is 7.75. The van der Waals surface area contributed by atoms with E-state index >= 15 is 0 Å². The van der Waals surface area contributed by atoms with Crippen LogP contribution in [-0.4, -0.2) is 58.6 Å². The monoisotopic (exact) mass is 404 g/mol. The summed E-state index contributed by atoms with van der Waals surface area (Å²) >= 11 is 0. The zero-order valence-electron chi connectivity index (χ0n) is 17.0. The van der Waals surface area contributed by atoms with Crippen molar-refractivity contribution in [1.82, 2.24) is 19.9 Å². The number of piperazine rings is 1. The minimum Gasteiger partial charge on any atom is -0.493 e. The van der Waals surface area contributed by atoms with Gasteiger partial charge in [0.2, 0.25) is 11.7 Å². The number of benzene rings is 2. The van der Waals surface area contributed by atoms with Crippen LogP contribution in [-0.2, 0) is 6.42 Å². The molecule has 0 radical (unpaired) electrons. The van der Waals surface area contributed by atoms with Crippen LogP contribution >= 0.6 is 0 Å². The van der Waals surface area contributed by atoms with Gasteiger partial charge in [0, 0.05) is 43.7 Å². The number of aromatic nitrogens is 2. The SMILES string of the molecule is CC(c1nc(-c2ccccc2)no1)N1CCN(C(=O)c2ccc3c(c2)CCO3)CC1. The lowest BCUT2D eigenvalue weighted by Crippen LogP contribution is -2.49. The summed E-state index contributed by atoms with van der Waals surface area (Å²) in [6.45, 7) is 5.66. The van der Waals surface area contributed by atoms with Gasteiger partial charge in [0.15, 0.2) is 0 Å². The Morgan fingerprint density at radius 3 is 2.67 bits per heavy atom. The van der Waals surface area contributed by atoms with Crippen molar-refractivity contribution in [2.75, 3.05) is 32.8 Å². The molecule has 0 N–H and O–H groups in total. The molecule has 0 saturated carbocycles. The molecule has 0 bridgehead atoms. The Balaban J connectivity index is 1.21. The summed E-state index contributed by atoms with van der Waals surface area (Å²) in [7, 11) is 0. The van der Waals surface area contributed by atoms with Crippen molar-refractivity contribution in [3.63, 3.8) is 0 Å². The number of fused-ring (bicyclic) bond motifs is 1.